The third kappa shape index (κ3) is 2.44. The molecule has 0 aliphatic carbocycles. The second-order valence-electron chi connectivity index (χ2n) is 3.32. The van der Waals surface area contributed by atoms with Crippen LogP contribution in [-0.2, 0) is 4.79 Å². The van der Waals surface area contributed by atoms with Crippen molar-refractivity contribution in [3.05, 3.63) is 35.4 Å². The van der Waals surface area contributed by atoms with E-state index in [4.69, 9.17) is 0 Å². The first-order valence-corrected chi connectivity index (χ1v) is 4.66. The summed E-state index contributed by atoms with van der Waals surface area (Å²) >= 11 is 0. The van der Waals surface area contributed by atoms with Crippen LogP contribution in [0.15, 0.2) is 23.3 Å². The zero-order chi connectivity index (χ0) is 12.4. The molecule has 88 valence electrons. The molecule has 1 aromatic carbocycles. The minimum Gasteiger partial charge on any atom is -0.275 e. The van der Waals surface area contributed by atoms with Gasteiger partial charge >= 0.3 is 6.03 Å². The molecule has 1 saturated heterocycles. The molecule has 1 aliphatic heterocycles. The van der Waals surface area contributed by atoms with Crippen molar-refractivity contribution in [3.63, 3.8) is 0 Å². The Hall–Kier alpha value is -2.31. The van der Waals surface area contributed by atoms with Crippen LogP contribution >= 0.6 is 0 Å². The molecule has 1 aliphatic rings. The first kappa shape index (κ1) is 11.2. The van der Waals surface area contributed by atoms with Gasteiger partial charge in [-0.15, -0.1) is 0 Å². The van der Waals surface area contributed by atoms with Gasteiger partial charge in [-0.05, 0) is 12.1 Å². The quantitative estimate of drug-likeness (QED) is 0.614. The van der Waals surface area contributed by atoms with Gasteiger partial charge in [0.05, 0.1) is 6.21 Å². The highest BCUT2D eigenvalue weighted by molar-refractivity contribution is 6.02. The normalized spacial score (nSPS) is 15.8. The van der Waals surface area contributed by atoms with Gasteiger partial charge in [-0.25, -0.2) is 18.6 Å². The van der Waals surface area contributed by atoms with Gasteiger partial charge in [0.25, 0.3) is 0 Å². The summed E-state index contributed by atoms with van der Waals surface area (Å²) in [5.74, 6) is -1.97. The van der Waals surface area contributed by atoms with Gasteiger partial charge in [-0.3, -0.25) is 10.1 Å². The van der Waals surface area contributed by atoms with E-state index in [0.717, 1.165) is 17.3 Å². The molecular weight excluding hydrogens is 232 g/mol. The molecule has 17 heavy (non-hydrogen) atoms. The number of benzene rings is 1. The number of hydrogen-bond donors (Lipinski definition) is 1. The summed E-state index contributed by atoms with van der Waals surface area (Å²) in [7, 11) is 0. The third-order valence-electron chi connectivity index (χ3n) is 2.07. The minimum absolute atomic E-state index is 0.0264. The second-order valence-corrected chi connectivity index (χ2v) is 3.32. The number of carbonyl (C=O) groups is 2. The molecule has 1 aromatic rings. The summed E-state index contributed by atoms with van der Waals surface area (Å²) < 4.78 is 25.8. The van der Waals surface area contributed by atoms with Crippen LogP contribution in [0.25, 0.3) is 0 Å². The lowest BCUT2D eigenvalue weighted by atomic mass is 10.2. The number of hydrogen-bond acceptors (Lipinski definition) is 3. The second kappa shape index (κ2) is 4.28. The van der Waals surface area contributed by atoms with Crippen LogP contribution in [-0.4, -0.2) is 29.7 Å². The third-order valence-corrected chi connectivity index (χ3v) is 2.07. The Kier molecular flexibility index (Phi) is 2.82. The highest BCUT2D eigenvalue weighted by Crippen LogP contribution is 2.08. The Labute approximate surface area is 94.7 Å². The van der Waals surface area contributed by atoms with Gasteiger partial charge in [0.1, 0.15) is 18.2 Å². The molecule has 2 rings (SSSR count). The number of halogens is 2. The van der Waals surface area contributed by atoms with Crippen molar-refractivity contribution in [1.82, 2.24) is 10.3 Å². The number of carbonyl (C=O) groups excluding carboxylic acids is 2. The summed E-state index contributed by atoms with van der Waals surface area (Å²) in [5.41, 5.74) is 0.0264. The van der Waals surface area contributed by atoms with E-state index < -0.39 is 23.6 Å². The largest absolute Gasteiger partial charge is 0.344 e. The highest BCUT2D eigenvalue weighted by atomic mass is 19.1. The molecule has 0 aromatic heterocycles. The number of amides is 3. The van der Waals surface area contributed by atoms with Crippen molar-refractivity contribution >= 4 is 18.2 Å². The fourth-order valence-electron chi connectivity index (χ4n) is 1.26. The Morgan fingerprint density at radius 1 is 1.35 bits per heavy atom. The summed E-state index contributed by atoms with van der Waals surface area (Å²) in [6.45, 7) is -0.210. The van der Waals surface area contributed by atoms with Crippen molar-refractivity contribution in [2.45, 2.75) is 0 Å². The number of urea groups is 1. The van der Waals surface area contributed by atoms with Crippen molar-refractivity contribution in [2.24, 2.45) is 5.10 Å². The van der Waals surface area contributed by atoms with Crippen LogP contribution in [0, 0.1) is 11.6 Å². The topological polar surface area (TPSA) is 61.8 Å². The van der Waals surface area contributed by atoms with E-state index in [-0.39, 0.29) is 12.1 Å². The molecular formula is C10H7F2N3O2. The monoisotopic (exact) mass is 239 g/mol. The Morgan fingerprint density at radius 3 is 2.71 bits per heavy atom. The van der Waals surface area contributed by atoms with Crippen LogP contribution < -0.4 is 5.32 Å². The van der Waals surface area contributed by atoms with Crippen LogP contribution in [0.4, 0.5) is 13.6 Å². The average molecular weight is 239 g/mol. The zero-order valence-electron chi connectivity index (χ0n) is 8.48. The van der Waals surface area contributed by atoms with Crippen LogP contribution in [0.2, 0.25) is 0 Å². The van der Waals surface area contributed by atoms with E-state index in [1.165, 1.54) is 6.07 Å². The van der Waals surface area contributed by atoms with E-state index in [9.17, 15) is 18.4 Å². The maximum Gasteiger partial charge on any atom is 0.344 e. The SMILES string of the molecule is O=C1CN(/N=C/c2ccc(F)cc2F)C(=O)N1. The lowest BCUT2D eigenvalue weighted by Gasteiger charge is -2.04. The van der Waals surface area contributed by atoms with E-state index in [1.807, 2.05) is 5.32 Å². The van der Waals surface area contributed by atoms with Crippen molar-refractivity contribution in [2.75, 3.05) is 6.54 Å². The average Bonchev–Trinajstić information content (AvgIpc) is 2.56. The molecule has 7 heteroatoms. The molecule has 1 N–H and O–H groups in total. The van der Waals surface area contributed by atoms with E-state index in [2.05, 4.69) is 5.10 Å². The Morgan fingerprint density at radius 2 is 2.12 bits per heavy atom. The molecule has 0 atom stereocenters. The van der Waals surface area contributed by atoms with Crippen molar-refractivity contribution < 1.29 is 18.4 Å². The van der Waals surface area contributed by atoms with Gasteiger partial charge < -0.3 is 0 Å². The molecule has 0 saturated carbocycles. The van der Waals surface area contributed by atoms with Crippen molar-refractivity contribution in [1.29, 1.82) is 0 Å². The molecule has 0 radical (unpaired) electrons. The van der Waals surface area contributed by atoms with Gasteiger partial charge in [0, 0.05) is 11.6 Å². The molecule has 1 fully saturated rings. The number of imide groups is 1. The maximum atomic E-state index is 13.2. The first-order valence-electron chi connectivity index (χ1n) is 4.66. The Balaban J connectivity index is 2.15. The number of rotatable bonds is 2. The van der Waals surface area contributed by atoms with E-state index in [1.54, 1.807) is 0 Å². The predicted octanol–water partition coefficient (Wildman–Crippen LogP) is 0.851. The number of hydrazone groups is 1. The minimum atomic E-state index is -0.792. The lowest BCUT2D eigenvalue weighted by Crippen LogP contribution is -2.24. The smallest absolute Gasteiger partial charge is 0.275 e. The summed E-state index contributed by atoms with van der Waals surface area (Å²) in [4.78, 5) is 21.9. The summed E-state index contributed by atoms with van der Waals surface area (Å²) in [6.07, 6.45) is 1.05. The zero-order valence-corrected chi connectivity index (χ0v) is 8.48. The number of nitrogens with zero attached hydrogens (tertiary/aromatic N) is 2. The first-order chi connectivity index (χ1) is 8.06. The van der Waals surface area contributed by atoms with Gasteiger partial charge in [-0.2, -0.15) is 5.10 Å². The molecule has 3 amide bonds. The van der Waals surface area contributed by atoms with Gasteiger partial charge in [-0.1, -0.05) is 0 Å². The number of nitrogens with one attached hydrogen (secondary N) is 1. The molecule has 0 bridgehead atoms. The van der Waals surface area contributed by atoms with Crippen molar-refractivity contribution in [3.8, 4) is 0 Å². The Bertz CT molecular complexity index is 516. The summed E-state index contributed by atoms with van der Waals surface area (Å²) in [6, 6.07) is 2.29. The lowest BCUT2D eigenvalue weighted by molar-refractivity contribution is -0.118. The fraction of sp³-hybridized carbons (Fsp3) is 0.100. The highest BCUT2D eigenvalue weighted by Gasteiger charge is 2.25. The van der Waals surface area contributed by atoms with Gasteiger partial charge in [0.2, 0.25) is 5.91 Å². The molecule has 1 heterocycles. The molecule has 0 spiro atoms. The van der Waals surface area contributed by atoms with Crippen LogP contribution in [0.1, 0.15) is 5.56 Å². The van der Waals surface area contributed by atoms with E-state index in [0.29, 0.717) is 6.07 Å². The maximum absolute atomic E-state index is 13.2. The van der Waals surface area contributed by atoms with Crippen LogP contribution in [0.3, 0.4) is 0 Å². The fourth-order valence-corrected chi connectivity index (χ4v) is 1.26. The molecule has 0 unspecified atom stereocenters. The molecule has 5 nitrogen and oxygen atoms in total. The summed E-state index contributed by atoms with van der Waals surface area (Å²) in [5, 5.41) is 6.49. The van der Waals surface area contributed by atoms with E-state index >= 15 is 0 Å². The predicted molar refractivity (Wildman–Crippen MR) is 54.2 cm³/mol. The standard InChI is InChI=1S/C10H7F2N3O2/c11-7-2-1-6(8(12)3-7)4-13-15-5-9(16)14-10(15)17/h1-4H,5H2,(H,14,16,17)/b13-4+. The van der Waals surface area contributed by atoms with Gasteiger partial charge in [0.15, 0.2) is 0 Å². The van der Waals surface area contributed by atoms with Crippen LogP contribution in [0.5, 0.6) is 0 Å².